The zero-order valence-electron chi connectivity index (χ0n) is 18.9. The van der Waals surface area contributed by atoms with Gasteiger partial charge in [0.05, 0.1) is 17.8 Å². The van der Waals surface area contributed by atoms with Gasteiger partial charge >= 0.3 is 6.18 Å². The Kier molecular flexibility index (Phi) is 6.00. The summed E-state index contributed by atoms with van der Waals surface area (Å²) in [4.78, 5) is 28.6. The highest BCUT2D eigenvalue weighted by atomic mass is 19.4. The van der Waals surface area contributed by atoms with Crippen LogP contribution in [0.15, 0.2) is 24.4 Å². The summed E-state index contributed by atoms with van der Waals surface area (Å²) in [6.45, 7) is 0.661. The molecule has 1 saturated carbocycles. The highest BCUT2D eigenvalue weighted by Crippen LogP contribution is 2.36. The number of likely N-dealkylation sites (tertiary alicyclic amines) is 1. The number of halogens is 5. The van der Waals surface area contributed by atoms with Crippen molar-refractivity contribution in [1.82, 2.24) is 19.9 Å². The predicted molar refractivity (Wildman–Crippen MR) is 118 cm³/mol. The quantitative estimate of drug-likeness (QED) is 0.611. The second-order valence-corrected chi connectivity index (χ2v) is 9.46. The van der Waals surface area contributed by atoms with Crippen molar-refractivity contribution in [1.29, 1.82) is 0 Å². The number of carbonyl (C=O) groups is 1. The zero-order chi connectivity index (χ0) is 24.8. The van der Waals surface area contributed by atoms with Gasteiger partial charge in [0, 0.05) is 50.2 Å². The molecule has 35 heavy (non-hydrogen) atoms. The molecule has 0 bridgehead atoms. The number of nitrogens with zero attached hydrogens (tertiary/aromatic N) is 5. The Balaban J connectivity index is 1.44. The van der Waals surface area contributed by atoms with Gasteiger partial charge in [-0.25, -0.2) is 18.7 Å². The summed E-state index contributed by atoms with van der Waals surface area (Å²) < 4.78 is 67.2. The molecule has 0 radical (unpaired) electrons. The van der Waals surface area contributed by atoms with Gasteiger partial charge in [0.1, 0.15) is 11.6 Å². The third kappa shape index (κ3) is 5.46. The first-order chi connectivity index (χ1) is 16.6. The van der Waals surface area contributed by atoms with Gasteiger partial charge in [0.15, 0.2) is 0 Å². The number of hydrogen-bond acceptors (Lipinski definition) is 6. The maximum atomic E-state index is 13.9. The van der Waals surface area contributed by atoms with Crippen LogP contribution >= 0.6 is 0 Å². The molecule has 7 nitrogen and oxygen atoms in total. The Bertz CT molecular complexity index is 1110. The minimum Gasteiger partial charge on any atom is -0.342 e. The molecular formula is C23H25F5N6O. The smallest absolute Gasteiger partial charge is 0.342 e. The van der Waals surface area contributed by atoms with Crippen molar-refractivity contribution >= 4 is 23.5 Å². The number of piperidine rings is 1. The Labute approximate surface area is 198 Å². The first-order valence-corrected chi connectivity index (χ1v) is 11.7. The van der Waals surface area contributed by atoms with Crippen LogP contribution in [0.5, 0.6) is 0 Å². The molecule has 1 aliphatic carbocycles. The Morgan fingerprint density at radius 3 is 2.57 bits per heavy atom. The van der Waals surface area contributed by atoms with E-state index in [0.29, 0.717) is 18.8 Å². The first kappa shape index (κ1) is 23.7. The van der Waals surface area contributed by atoms with Gasteiger partial charge in [0.25, 0.3) is 5.92 Å². The van der Waals surface area contributed by atoms with Gasteiger partial charge in [-0.05, 0) is 37.8 Å². The normalized spacial score (nSPS) is 22.4. The van der Waals surface area contributed by atoms with Gasteiger partial charge in [-0.15, -0.1) is 0 Å². The SMILES string of the molecule is O=C(C1CC1)N1CCCC(c2cc(Nc3cc(C(F)(F)F)ccn3)nc(N3CCC(F)(F)C3)n2)C1. The van der Waals surface area contributed by atoms with Crippen molar-refractivity contribution in [3.8, 4) is 0 Å². The lowest BCUT2D eigenvalue weighted by Gasteiger charge is -2.33. The van der Waals surface area contributed by atoms with Gasteiger partial charge in [-0.1, -0.05) is 0 Å². The van der Waals surface area contributed by atoms with Crippen molar-refractivity contribution in [2.24, 2.45) is 5.92 Å². The minimum absolute atomic E-state index is 0.0641. The fourth-order valence-electron chi connectivity index (χ4n) is 4.59. The standard InChI is InChI=1S/C23H25F5N6O/c24-22(25)6-9-34(13-22)21-30-17(15-2-1-8-33(12-15)20(35)14-3-4-14)11-19(32-21)31-18-10-16(5-7-29-18)23(26,27)28/h5,7,10-11,14-15H,1-4,6,8-9,12-13H2,(H,29,30,31,32). The van der Waals surface area contributed by atoms with Gasteiger partial charge in [0.2, 0.25) is 11.9 Å². The zero-order valence-corrected chi connectivity index (χ0v) is 18.9. The molecule has 12 heteroatoms. The van der Waals surface area contributed by atoms with E-state index in [0.717, 1.165) is 44.0 Å². The monoisotopic (exact) mass is 496 g/mol. The van der Waals surface area contributed by atoms with E-state index in [1.165, 1.54) is 4.90 Å². The average molecular weight is 496 g/mol. The van der Waals surface area contributed by atoms with Crippen LogP contribution in [0, 0.1) is 5.92 Å². The Morgan fingerprint density at radius 1 is 1.09 bits per heavy atom. The van der Waals surface area contributed by atoms with Gasteiger partial charge in [-0.2, -0.15) is 18.2 Å². The van der Waals surface area contributed by atoms with Gasteiger partial charge < -0.3 is 15.1 Å². The van der Waals surface area contributed by atoms with E-state index in [9.17, 15) is 26.7 Å². The van der Waals surface area contributed by atoms with E-state index < -0.39 is 24.2 Å². The molecule has 0 aromatic carbocycles. The van der Waals surface area contributed by atoms with E-state index in [1.54, 1.807) is 6.07 Å². The molecule has 1 amide bonds. The molecule has 1 unspecified atom stereocenters. The predicted octanol–water partition coefficient (Wildman–Crippen LogP) is 4.60. The second-order valence-electron chi connectivity index (χ2n) is 9.46. The molecule has 2 saturated heterocycles. The summed E-state index contributed by atoms with van der Waals surface area (Å²) in [7, 11) is 0. The van der Waals surface area contributed by atoms with Crippen LogP contribution in [-0.2, 0) is 11.0 Å². The highest BCUT2D eigenvalue weighted by molar-refractivity contribution is 5.81. The first-order valence-electron chi connectivity index (χ1n) is 11.7. The molecule has 5 rings (SSSR count). The summed E-state index contributed by atoms with van der Waals surface area (Å²) in [5.41, 5.74) is -0.307. The Morgan fingerprint density at radius 2 is 1.89 bits per heavy atom. The molecule has 1 atom stereocenters. The van der Waals surface area contributed by atoms with Crippen molar-refractivity contribution < 1.29 is 26.7 Å². The third-order valence-corrected chi connectivity index (χ3v) is 6.61. The maximum absolute atomic E-state index is 13.9. The molecule has 2 aliphatic heterocycles. The van der Waals surface area contributed by atoms with E-state index in [1.807, 2.05) is 4.90 Å². The summed E-state index contributed by atoms with van der Waals surface area (Å²) in [6.07, 6.45) is -0.492. The molecule has 0 spiro atoms. The number of hydrogen-bond donors (Lipinski definition) is 1. The molecule has 1 N–H and O–H groups in total. The second kappa shape index (κ2) is 8.87. The molecule has 2 aromatic heterocycles. The van der Waals surface area contributed by atoms with E-state index in [-0.39, 0.29) is 48.3 Å². The number of rotatable bonds is 5. The summed E-state index contributed by atoms with van der Waals surface area (Å²) in [5.74, 6) is -2.60. The summed E-state index contributed by atoms with van der Waals surface area (Å²) in [6, 6.07) is 3.33. The van der Waals surface area contributed by atoms with Gasteiger partial charge in [-0.3, -0.25) is 4.79 Å². The number of carbonyl (C=O) groups excluding carboxylic acids is 1. The number of alkyl halides is 5. The largest absolute Gasteiger partial charge is 0.416 e. The fourth-order valence-corrected chi connectivity index (χ4v) is 4.59. The lowest BCUT2D eigenvalue weighted by molar-refractivity contribution is -0.137. The number of nitrogens with one attached hydrogen (secondary N) is 1. The van der Waals surface area contributed by atoms with Crippen molar-refractivity contribution in [3.63, 3.8) is 0 Å². The molecular weight excluding hydrogens is 471 g/mol. The van der Waals surface area contributed by atoms with Crippen molar-refractivity contribution in [2.45, 2.75) is 50.1 Å². The van der Waals surface area contributed by atoms with E-state index >= 15 is 0 Å². The van der Waals surface area contributed by atoms with E-state index in [4.69, 9.17) is 0 Å². The fraction of sp³-hybridized carbons (Fsp3) is 0.565. The van der Waals surface area contributed by atoms with Crippen LogP contribution < -0.4 is 10.2 Å². The van der Waals surface area contributed by atoms with Crippen LogP contribution in [-0.4, -0.2) is 57.9 Å². The maximum Gasteiger partial charge on any atom is 0.416 e. The van der Waals surface area contributed by atoms with Crippen LogP contribution in [0.4, 0.5) is 39.5 Å². The van der Waals surface area contributed by atoms with Crippen LogP contribution in [0.25, 0.3) is 0 Å². The minimum atomic E-state index is -4.54. The molecule has 3 fully saturated rings. The molecule has 2 aromatic rings. The van der Waals surface area contributed by atoms with Crippen molar-refractivity contribution in [3.05, 3.63) is 35.7 Å². The highest BCUT2D eigenvalue weighted by Gasteiger charge is 2.40. The third-order valence-electron chi connectivity index (χ3n) is 6.61. The Hall–Kier alpha value is -3.05. The summed E-state index contributed by atoms with van der Waals surface area (Å²) >= 11 is 0. The number of pyridine rings is 1. The number of aromatic nitrogens is 3. The van der Waals surface area contributed by atoms with E-state index in [2.05, 4.69) is 20.3 Å². The van der Waals surface area contributed by atoms with Crippen LogP contribution in [0.3, 0.4) is 0 Å². The number of anilines is 3. The van der Waals surface area contributed by atoms with Crippen molar-refractivity contribution in [2.75, 3.05) is 36.4 Å². The lowest BCUT2D eigenvalue weighted by Crippen LogP contribution is -2.40. The lowest BCUT2D eigenvalue weighted by atomic mass is 9.94. The van der Waals surface area contributed by atoms with Crippen LogP contribution in [0.2, 0.25) is 0 Å². The molecule has 4 heterocycles. The molecule has 188 valence electrons. The summed E-state index contributed by atoms with van der Waals surface area (Å²) in [5, 5.41) is 2.79. The topological polar surface area (TPSA) is 74.2 Å². The van der Waals surface area contributed by atoms with Crippen LogP contribution in [0.1, 0.15) is 49.3 Å². The molecule has 3 aliphatic rings. The number of amides is 1. The average Bonchev–Trinajstić information content (AvgIpc) is 3.60.